The van der Waals surface area contributed by atoms with Gasteiger partial charge in [-0.1, -0.05) is 42.5 Å². The van der Waals surface area contributed by atoms with E-state index in [0.29, 0.717) is 25.5 Å². The average Bonchev–Trinajstić information content (AvgIpc) is 2.76. The van der Waals surface area contributed by atoms with Gasteiger partial charge < -0.3 is 19.5 Å². The summed E-state index contributed by atoms with van der Waals surface area (Å²) in [5.41, 5.74) is 0.850. The standard InChI is InChI=1S/C24H25NO5/c1-2-28-21-9-11-22(12-10-21)29-14-13-25-23(26)17-30-24(27)16-18-7-8-19-5-3-4-6-20(19)15-18/h3-12,15H,2,13-14,16-17H2,1H3,(H,25,26). The van der Waals surface area contributed by atoms with E-state index in [1.165, 1.54) is 0 Å². The second-order valence-corrected chi connectivity index (χ2v) is 6.62. The number of rotatable bonds is 10. The summed E-state index contributed by atoms with van der Waals surface area (Å²) in [7, 11) is 0. The molecule has 0 aliphatic rings. The topological polar surface area (TPSA) is 73.9 Å². The third-order valence-electron chi connectivity index (χ3n) is 4.35. The average molecular weight is 407 g/mol. The van der Waals surface area contributed by atoms with Gasteiger partial charge in [-0.3, -0.25) is 9.59 Å². The van der Waals surface area contributed by atoms with Gasteiger partial charge in [-0.05, 0) is 47.5 Å². The molecule has 6 nitrogen and oxygen atoms in total. The molecule has 0 spiro atoms. The van der Waals surface area contributed by atoms with Crippen LogP contribution in [-0.4, -0.2) is 38.2 Å². The summed E-state index contributed by atoms with van der Waals surface area (Å²) in [5, 5.41) is 4.84. The van der Waals surface area contributed by atoms with Crippen LogP contribution in [0.2, 0.25) is 0 Å². The molecule has 1 N–H and O–H groups in total. The highest BCUT2D eigenvalue weighted by Gasteiger charge is 2.09. The molecule has 0 atom stereocenters. The minimum atomic E-state index is -0.439. The Labute approximate surface area is 175 Å². The molecule has 0 aromatic heterocycles. The van der Waals surface area contributed by atoms with Gasteiger partial charge in [0.25, 0.3) is 5.91 Å². The number of amides is 1. The van der Waals surface area contributed by atoms with Gasteiger partial charge in [-0.2, -0.15) is 0 Å². The van der Waals surface area contributed by atoms with Crippen molar-refractivity contribution in [3.8, 4) is 11.5 Å². The fraction of sp³-hybridized carbons (Fsp3) is 0.250. The lowest BCUT2D eigenvalue weighted by atomic mass is 10.1. The van der Waals surface area contributed by atoms with Crippen molar-refractivity contribution in [2.75, 3.05) is 26.4 Å². The first kappa shape index (κ1) is 21.2. The van der Waals surface area contributed by atoms with Gasteiger partial charge in [-0.25, -0.2) is 0 Å². The summed E-state index contributed by atoms with van der Waals surface area (Å²) < 4.78 is 16.0. The van der Waals surface area contributed by atoms with Crippen LogP contribution in [-0.2, 0) is 20.7 Å². The lowest BCUT2D eigenvalue weighted by Gasteiger charge is -2.09. The summed E-state index contributed by atoms with van der Waals surface area (Å²) in [4.78, 5) is 23.8. The molecule has 6 heteroatoms. The van der Waals surface area contributed by atoms with E-state index in [9.17, 15) is 9.59 Å². The normalized spacial score (nSPS) is 10.4. The number of nitrogens with one attached hydrogen (secondary N) is 1. The molecule has 3 rings (SSSR count). The number of carbonyl (C=O) groups excluding carboxylic acids is 2. The minimum absolute atomic E-state index is 0.124. The van der Waals surface area contributed by atoms with Crippen LogP contribution in [0.3, 0.4) is 0 Å². The van der Waals surface area contributed by atoms with Crippen LogP contribution in [0.15, 0.2) is 66.7 Å². The van der Waals surface area contributed by atoms with Crippen LogP contribution in [0.4, 0.5) is 0 Å². The molecule has 1 amide bonds. The summed E-state index contributed by atoms with van der Waals surface area (Å²) in [6, 6.07) is 21.0. The van der Waals surface area contributed by atoms with Gasteiger partial charge in [0.15, 0.2) is 6.61 Å². The Bertz CT molecular complexity index is 984. The van der Waals surface area contributed by atoms with Crippen LogP contribution in [0, 0.1) is 0 Å². The van der Waals surface area contributed by atoms with Crippen molar-refractivity contribution in [2.24, 2.45) is 0 Å². The maximum absolute atomic E-state index is 12.0. The molecule has 0 heterocycles. The molecule has 0 radical (unpaired) electrons. The van der Waals surface area contributed by atoms with E-state index in [0.717, 1.165) is 22.1 Å². The van der Waals surface area contributed by atoms with Gasteiger partial charge in [-0.15, -0.1) is 0 Å². The first-order valence-corrected chi connectivity index (χ1v) is 9.89. The molecule has 3 aromatic rings. The van der Waals surface area contributed by atoms with Crippen molar-refractivity contribution in [2.45, 2.75) is 13.3 Å². The Morgan fingerprint density at radius 1 is 0.867 bits per heavy atom. The van der Waals surface area contributed by atoms with Crippen molar-refractivity contribution in [1.82, 2.24) is 5.32 Å². The van der Waals surface area contributed by atoms with Crippen LogP contribution < -0.4 is 14.8 Å². The summed E-state index contributed by atoms with van der Waals surface area (Å²) in [5.74, 6) is 0.668. The fourth-order valence-electron chi connectivity index (χ4n) is 2.92. The molecule has 0 aliphatic carbocycles. The van der Waals surface area contributed by atoms with Gasteiger partial charge in [0.1, 0.15) is 18.1 Å². The van der Waals surface area contributed by atoms with E-state index < -0.39 is 5.97 Å². The highest BCUT2D eigenvalue weighted by Crippen LogP contribution is 2.17. The Hall–Kier alpha value is -3.54. The second-order valence-electron chi connectivity index (χ2n) is 6.62. The van der Waals surface area contributed by atoms with Crippen molar-refractivity contribution < 1.29 is 23.8 Å². The van der Waals surface area contributed by atoms with Gasteiger partial charge in [0, 0.05) is 0 Å². The lowest BCUT2D eigenvalue weighted by molar-refractivity contribution is -0.147. The van der Waals surface area contributed by atoms with Crippen molar-refractivity contribution >= 4 is 22.6 Å². The molecule has 0 saturated carbocycles. The van der Waals surface area contributed by atoms with Crippen LogP contribution in [0.5, 0.6) is 11.5 Å². The predicted octanol–water partition coefficient (Wildman–Crippen LogP) is 3.52. The number of hydrogen-bond donors (Lipinski definition) is 1. The van der Waals surface area contributed by atoms with E-state index in [-0.39, 0.29) is 18.9 Å². The first-order chi connectivity index (χ1) is 14.6. The predicted molar refractivity (Wildman–Crippen MR) is 115 cm³/mol. The number of ether oxygens (including phenoxy) is 3. The van der Waals surface area contributed by atoms with E-state index >= 15 is 0 Å². The van der Waals surface area contributed by atoms with Crippen molar-refractivity contribution in [3.05, 3.63) is 72.3 Å². The maximum atomic E-state index is 12.0. The number of esters is 1. The van der Waals surface area contributed by atoms with E-state index in [1.807, 2.05) is 61.5 Å². The minimum Gasteiger partial charge on any atom is -0.494 e. The zero-order valence-corrected chi connectivity index (χ0v) is 16.9. The molecule has 156 valence electrons. The first-order valence-electron chi connectivity index (χ1n) is 9.89. The van der Waals surface area contributed by atoms with Crippen LogP contribution in [0.1, 0.15) is 12.5 Å². The van der Waals surface area contributed by atoms with Crippen molar-refractivity contribution in [1.29, 1.82) is 0 Å². The number of hydrogen-bond acceptors (Lipinski definition) is 5. The molecule has 0 unspecified atom stereocenters. The fourth-order valence-corrected chi connectivity index (χ4v) is 2.92. The Morgan fingerprint density at radius 2 is 1.57 bits per heavy atom. The second kappa shape index (κ2) is 10.9. The third kappa shape index (κ3) is 6.51. The Kier molecular flexibility index (Phi) is 7.66. The molecule has 3 aromatic carbocycles. The Balaban J connectivity index is 1.33. The summed E-state index contributed by atoms with van der Waals surface area (Å²) >= 11 is 0. The summed E-state index contributed by atoms with van der Waals surface area (Å²) in [6.45, 7) is 2.85. The molecule has 0 saturated heterocycles. The molecule has 0 bridgehead atoms. The van der Waals surface area contributed by atoms with Gasteiger partial charge in [0.2, 0.25) is 0 Å². The maximum Gasteiger partial charge on any atom is 0.310 e. The lowest BCUT2D eigenvalue weighted by Crippen LogP contribution is -2.32. The molecule has 30 heavy (non-hydrogen) atoms. The monoisotopic (exact) mass is 407 g/mol. The highest BCUT2D eigenvalue weighted by atomic mass is 16.5. The van der Waals surface area contributed by atoms with E-state index in [4.69, 9.17) is 14.2 Å². The molecular formula is C24H25NO5. The highest BCUT2D eigenvalue weighted by molar-refractivity contribution is 5.85. The zero-order valence-electron chi connectivity index (χ0n) is 16.9. The zero-order chi connectivity index (χ0) is 21.2. The summed E-state index contributed by atoms with van der Waals surface area (Å²) in [6.07, 6.45) is 0.124. The van der Waals surface area contributed by atoms with Gasteiger partial charge in [0.05, 0.1) is 19.6 Å². The van der Waals surface area contributed by atoms with Crippen LogP contribution in [0.25, 0.3) is 10.8 Å². The molecular weight excluding hydrogens is 382 g/mol. The number of benzene rings is 3. The van der Waals surface area contributed by atoms with E-state index in [1.54, 1.807) is 12.1 Å². The molecule has 0 fully saturated rings. The Morgan fingerprint density at radius 3 is 2.30 bits per heavy atom. The van der Waals surface area contributed by atoms with Crippen molar-refractivity contribution in [3.63, 3.8) is 0 Å². The number of fused-ring (bicyclic) bond motifs is 1. The van der Waals surface area contributed by atoms with E-state index in [2.05, 4.69) is 5.32 Å². The quantitative estimate of drug-likeness (QED) is 0.411. The smallest absolute Gasteiger partial charge is 0.310 e. The SMILES string of the molecule is CCOc1ccc(OCCNC(=O)COC(=O)Cc2ccc3ccccc3c2)cc1. The molecule has 0 aliphatic heterocycles. The number of carbonyl (C=O) groups is 2. The third-order valence-corrected chi connectivity index (χ3v) is 4.35. The largest absolute Gasteiger partial charge is 0.494 e. The van der Waals surface area contributed by atoms with Crippen LogP contribution >= 0.6 is 0 Å². The van der Waals surface area contributed by atoms with Gasteiger partial charge >= 0.3 is 5.97 Å².